The van der Waals surface area contributed by atoms with Crippen LogP contribution >= 0.6 is 0 Å². The molecule has 0 radical (unpaired) electrons. The number of anilines is 1. The first-order valence-corrected chi connectivity index (χ1v) is 14.5. The first-order valence-electron chi connectivity index (χ1n) is 12.7. The van der Waals surface area contributed by atoms with E-state index in [1.807, 2.05) is 70.2 Å². The van der Waals surface area contributed by atoms with Gasteiger partial charge >= 0.3 is 0 Å². The Morgan fingerprint density at radius 1 is 0.972 bits per heavy atom. The van der Waals surface area contributed by atoms with Gasteiger partial charge in [-0.05, 0) is 49.8 Å². The van der Waals surface area contributed by atoms with Crippen LogP contribution in [0.3, 0.4) is 0 Å². The van der Waals surface area contributed by atoms with Crippen molar-refractivity contribution in [1.82, 2.24) is 10.2 Å². The Balaban J connectivity index is 2.14. The normalized spacial score (nSPS) is 12.3. The van der Waals surface area contributed by atoms with Crippen molar-refractivity contribution in [2.24, 2.45) is 5.92 Å². The number of amides is 2. The van der Waals surface area contributed by atoms with Crippen molar-refractivity contribution in [3.63, 3.8) is 0 Å². The Kier molecular flexibility index (Phi) is 11.4. The maximum Gasteiger partial charge on any atom is 0.242 e. The second-order valence-corrected chi connectivity index (χ2v) is 11.6. The Hall–Kier alpha value is -2.87. The zero-order chi connectivity index (χ0) is 26.7. The molecule has 1 N–H and O–H groups in total. The van der Waals surface area contributed by atoms with E-state index in [-0.39, 0.29) is 24.8 Å². The van der Waals surface area contributed by atoms with Crippen molar-refractivity contribution in [3.05, 3.63) is 65.7 Å². The average molecular weight is 516 g/mol. The van der Waals surface area contributed by atoms with E-state index in [9.17, 15) is 18.0 Å². The van der Waals surface area contributed by atoms with Gasteiger partial charge in [-0.25, -0.2) is 8.42 Å². The van der Waals surface area contributed by atoms with Crippen LogP contribution in [0.4, 0.5) is 5.69 Å². The fourth-order valence-corrected chi connectivity index (χ4v) is 5.00. The lowest BCUT2D eigenvalue weighted by molar-refractivity contribution is -0.140. The standard InChI is InChI=1S/C28H41N3O4S/c1-6-26(28(33)29-21-22(2)3)30(20-18-24-11-8-7-9-12-24)27(32)13-10-19-31(36(5,34)35)25-16-14-23(4)15-17-25/h7-9,11-12,14-17,22,26H,6,10,13,18-21H2,1-5H3,(H,29,33)/t26-/m0/s1. The lowest BCUT2D eigenvalue weighted by Crippen LogP contribution is -2.50. The van der Waals surface area contributed by atoms with Crippen LogP contribution in [0.1, 0.15) is 51.2 Å². The molecule has 0 aliphatic heterocycles. The van der Waals surface area contributed by atoms with E-state index < -0.39 is 16.1 Å². The summed E-state index contributed by atoms with van der Waals surface area (Å²) in [7, 11) is -3.50. The predicted octanol–water partition coefficient (Wildman–Crippen LogP) is 4.16. The van der Waals surface area contributed by atoms with Crippen LogP contribution in [0.2, 0.25) is 0 Å². The van der Waals surface area contributed by atoms with Crippen LogP contribution in [0.15, 0.2) is 54.6 Å². The largest absolute Gasteiger partial charge is 0.354 e. The van der Waals surface area contributed by atoms with E-state index >= 15 is 0 Å². The molecule has 0 unspecified atom stereocenters. The zero-order valence-electron chi connectivity index (χ0n) is 22.2. The minimum absolute atomic E-state index is 0.144. The van der Waals surface area contributed by atoms with Gasteiger partial charge in [0.1, 0.15) is 6.04 Å². The van der Waals surface area contributed by atoms with Crippen molar-refractivity contribution in [2.75, 3.05) is 30.2 Å². The maximum absolute atomic E-state index is 13.4. The van der Waals surface area contributed by atoms with Crippen LogP contribution < -0.4 is 9.62 Å². The molecule has 1 atom stereocenters. The van der Waals surface area contributed by atoms with E-state index in [0.717, 1.165) is 11.1 Å². The number of nitrogens with zero attached hydrogens (tertiary/aromatic N) is 2. The second-order valence-electron chi connectivity index (χ2n) is 9.66. The van der Waals surface area contributed by atoms with E-state index in [0.29, 0.717) is 44.0 Å². The molecule has 0 spiro atoms. The van der Waals surface area contributed by atoms with Gasteiger partial charge in [0.15, 0.2) is 0 Å². The summed E-state index contributed by atoms with van der Waals surface area (Å²) in [5.41, 5.74) is 2.71. The Morgan fingerprint density at radius 3 is 2.17 bits per heavy atom. The van der Waals surface area contributed by atoms with Gasteiger partial charge in [0.05, 0.1) is 11.9 Å². The number of hydrogen-bond donors (Lipinski definition) is 1. The van der Waals surface area contributed by atoms with E-state index in [1.165, 1.54) is 10.6 Å². The highest BCUT2D eigenvalue weighted by molar-refractivity contribution is 7.92. The summed E-state index contributed by atoms with van der Waals surface area (Å²) in [5, 5.41) is 2.97. The quantitative estimate of drug-likeness (QED) is 0.409. The first-order chi connectivity index (χ1) is 17.0. The minimum Gasteiger partial charge on any atom is -0.354 e. The molecule has 0 saturated carbocycles. The summed E-state index contributed by atoms with van der Waals surface area (Å²) in [6.07, 6.45) is 2.82. The third kappa shape index (κ3) is 9.30. The van der Waals surface area contributed by atoms with E-state index in [4.69, 9.17) is 0 Å². The number of carbonyl (C=O) groups excluding carboxylic acids is 2. The SMILES string of the molecule is CC[C@@H](C(=O)NCC(C)C)N(CCc1ccccc1)C(=O)CCCN(c1ccc(C)cc1)S(C)(=O)=O. The molecular formula is C28H41N3O4S. The van der Waals surface area contributed by atoms with Gasteiger partial charge in [0, 0.05) is 26.1 Å². The minimum atomic E-state index is -3.50. The molecule has 2 aromatic carbocycles. The molecule has 0 bridgehead atoms. The van der Waals surface area contributed by atoms with Gasteiger partial charge in [-0.15, -0.1) is 0 Å². The Morgan fingerprint density at radius 2 is 1.61 bits per heavy atom. The lowest BCUT2D eigenvalue weighted by atomic mass is 10.1. The number of benzene rings is 2. The van der Waals surface area contributed by atoms with Crippen LogP contribution in [-0.2, 0) is 26.0 Å². The van der Waals surface area contributed by atoms with Crippen LogP contribution in [-0.4, -0.2) is 57.1 Å². The van der Waals surface area contributed by atoms with Gasteiger partial charge in [0.2, 0.25) is 21.8 Å². The first kappa shape index (κ1) is 29.4. The van der Waals surface area contributed by atoms with E-state index in [1.54, 1.807) is 17.0 Å². The monoisotopic (exact) mass is 515 g/mol. The van der Waals surface area contributed by atoms with Gasteiger partial charge in [-0.1, -0.05) is 68.8 Å². The topological polar surface area (TPSA) is 86.8 Å². The molecule has 0 aliphatic carbocycles. The van der Waals surface area contributed by atoms with Crippen LogP contribution in [0.5, 0.6) is 0 Å². The maximum atomic E-state index is 13.4. The molecule has 2 aromatic rings. The molecule has 2 amide bonds. The molecule has 36 heavy (non-hydrogen) atoms. The number of aryl methyl sites for hydroxylation is 1. The highest BCUT2D eigenvalue weighted by atomic mass is 32.2. The predicted molar refractivity (Wildman–Crippen MR) is 146 cm³/mol. The van der Waals surface area contributed by atoms with Gasteiger partial charge in [0.25, 0.3) is 0 Å². The highest BCUT2D eigenvalue weighted by Gasteiger charge is 2.28. The van der Waals surface area contributed by atoms with Crippen LogP contribution in [0, 0.1) is 12.8 Å². The summed E-state index contributed by atoms with van der Waals surface area (Å²) >= 11 is 0. The number of hydrogen-bond acceptors (Lipinski definition) is 4. The van der Waals surface area contributed by atoms with Gasteiger partial charge in [-0.2, -0.15) is 0 Å². The van der Waals surface area contributed by atoms with Crippen molar-refractivity contribution in [3.8, 4) is 0 Å². The van der Waals surface area contributed by atoms with Crippen molar-refractivity contribution in [1.29, 1.82) is 0 Å². The molecule has 2 rings (SSSR count). The number of nitrogens with one attached hydrogen (secondary N) is 1. The number of sulfonamides is 1. The summed E-state index contributed by atoms with van der Waals surface area (Å²) in [4.78, 5) is 28.0. The fraction of sp³-hybridized carbons (Fsp3) is 0.500. The third-order valence-corrected chi connectivity index (χ3v) is 7.22. The van der Waals surface area contributed by atoms with Crippen molar-refractivity contribution >= 4 is 27.5 Å². The molecule has 7 nitrogen and oxygen atoms in total. The van der Waals surface area contributed by atoms with Crippen molar-refractivity contribution < 1.29 is 18.0 Å². The molecule has 0 aromatic heterocycles. The molecule has 8 heteroatoms. The van der Waals surface area contributed by atoms with Crippen LogP contribution in [0.25, 0.3) is 0 Å². The number of rotatable bonds is 14. The molecule has 0 saturated heterocycles. The summed E-state index contributed by atoms with van der Waals surface area (Å²) in [5.74, 6) is 0.0172. The third-order valence-electron chi connectivity index (χ3n) is 6.03. The van der Waals surface area contributed by atoms with Gasteiger partial charge < -0.3 is 10.2 Å². The van der Waals surface area contributed by atoms with Crippen molar-refractivity contribution in [2.45, 2.75) is 59.4 Å². The molecule has 0 heterocycles. The van der Waals surface area contributed by atoms with Gasteiger partial charge in [-0.3, -0.25) is 13.9 Å². The Bertz CT molecular complexity index is 1070. The lowest BCUT2D eigenvalue weighted by Gasteiger charge is -2.31. The second kappa shape index (κ2) is 14.0. The Labute approximate surface area is 216 Å². The summed E-state index contributed by atoms with van der Waals surface area (Å²) < 4.78 is 26.2. The molecule has 0 aliphatic rings. The zero-order valence-corrected chi connectivity index (χ0v) is 23.1. The molecule has 0 fully saturated rings. The molecular weight excluding hydrogens is 474 g/mol. The average Bonchev–Trinajstić information content (AvgIpc) is 2.83. The highest BCUT2D eigenvalue weighted by Crippen LogP contribution is 2.19. The summed E-state index contributed by atoms with van der Waals surface area (Å²) in [6, 6.07) is 16.6. The smallest absolute Gasteiger partial charge is 0.242 e. The summed E-state index contributed by atoms with van der Waals surface area (Å²) in [6.45, 7) is 9.07. The fourth-order valence-electron chi connectivity index (χ4n) is 4.03. The number of carbonyl (C=O) groups is 2. The van der Waals surface area contributed by atoms with E-state index in [2.05, 4.69) is 5.32 Å². The molecule has 198 valence electrons.